The molecule has 1 aromatic heterocycles. The molecule has 1 aliphatic rings. The fourth-order valence-electron chi connectivity index (χ4n) is 3.51. The summed E-state index contributed by atoms with van der Waals surface area (Å²) in [5, 5.41) is 2.81. The van der Waals surface area contributed by atoms with Crippen molar-refractivity contribution in [3.63, 3.8) is 0 Å². The first-order valence-electron chi connectivity index (χ1n) is 10.7. The number of carbonyl (C=O) groups excluding carboxylic acids is 2. The van der Waals surface area contributed by atoms with Gasteiger partial charge in [0.2, 0.25) is 11.8 Å². The van der Waals surface area contributed by atoms with E-state index in [1.54, 1.807) is 24.2 Å². The molecule has 0 bridgehead atoms. The van der Waals surface area contributed by atoms with Crippen molar-refractivity contribution < 1.29 is 19.1 Å². The highest BCUT2D eigenvalue weighted by Crippen LogP contribution is 2.32. The molecule has 0 radical (unpaired) electrons. The van der Waals surface area contributed by atoms with Crippen LogP contribution in [0.1, 0.15) is 30.5 Å². The minimum absolute atomic E-state index is 0. The first kappa shape index (κ1) is 26.2. The summed E-state index contributed by atoms with van der Waals surface area (Å²) in [6, 6.07) is 7.63. The molecule has 0 saturated heterocycles. The number of anilines is 1. The van der Waals surface area contributed by atoms with E-state index in [4.69, 9.17) is 9.47 Å². The van der Waals surface area contributed by atoms with Crippen LogP contribution >= 0.6 is 12.4 Å². The summed E-state index contributed by atoms with van der Waals surface area (Å²) in [6.45, 7) is 6.20. The van der Waals surface area contributed by atoms with Gasteiger partial charge in [0, 0.05) is 43.5 Å². The average Bonchev–Trinajstić information content (AvgIpc) is 2.90. The maximum absolute atomic E-state index is 12.7. The number of carbonyl (C=O) groups is 2. The van der Waals surface area contributed by atoms with Crippen molar-refractivity contribution in [2.24, 2.45) is 0 Å². The van der Waals surface area contributed by atoms with Gasteiger partial charge in [0.05, 0.1) is 19.8 Å². The van der Waals surface area contributed by atoms with E-state index >= 15 is 0 Å². The molecule has 2 aromatic rings. The van der Waals surface area contributed by atoms with Crippen LogP contribution < -0.4 is 14.8 Å². The number of rotatable bonds is 8. The van der Waals surface area contributed by atoms with E-state index in [-0.39, 0.29) is 24.2 Å². The fraction of sp³-hybridized carbons (Fsp3) is 0.375. The molecule has 33 heavy (non-hydrogen) atoms. The number of nitrogens with one attached hydrogen (secondary N) is 1. The molecular weight excluding hydrogens is 444 g/mol. The minimum Gasteiger partial charge on any atom is -0.490 e. The normalized spacial score (nSPS) is 13.5. The third kappa shape index (κ3) is 6.94. The maximum Gasteiger partial charge on any atom is 0.246 e. The predicted octanol–water partition coefficient (Wildman–Crippen LogP) is 3.36. The van der Waals surface area contributed by atoms with Gasteiger partial charge in [0.15, 0.2) is 11.5 Å². The van der Waals surface area contributed by atoms with Gasteiger partial charge >= 0.3 is 0 Å². The average molecular weight is 475 g/mol. The molecule has 8 nitrogen and oxygen atoms in total. The number of hydrogen-bond acceptors (Lipinski definition) is 6. The third-order valence-corrected chi connectivity index (χ3v) is 4.95. The zero-order valence-corrected chi connectivity index (χ0v) is 20.3. The van der Waals surface area contributed by atoms with Crippen molar-refractivity contribution in [1.82, 2.24) is 14.8 Å². The number of benzene rings is 1. The number of fused-ring (bicyclic) bond motifs is 1. The van der Waals surface area contributed by atoms with Crippen molar-refractivity contribution in [2.75, 3.05) is 39.2 Å². The first-order chi connectivity index (χ1) is 15.4. The highest BCUT2D eigenvalue weighted by atomic mass is 35.5. The number of ether oxygens (including phenoxy) is 2. The fourth-order valence-corrected chi connectivity index (χ4v) is 3.51. The van der Waals surface area contributed by atoms with Crippen LogP contribution in [0.15, 0.2) is 36.5 Å². The minimum atomic E-state index is -0.144. The summed E-state index contributed by atoms with van der Waals surface area (Å²) in [4.78, 5) is 32.4. The predicted molar refractivity (Wildman–Crippen MR) is 131 cm³/mol. The van der Waals surface area contributed by atoms with E-state index in [9.17, 15) is 9.59 Å². The van der Waals surface area contributed by atoms with Gasteiger partial charge in [-0.3, -0.25) is 14.5 Å². The summed E-state index contributed by atoms with van der Waals surface area (Å²) in [7, 11) is 3.63. The van der Waals surface area contributed by atoms with Crippen LogP contribution in [0.5, 0.6) is 11.5 Å². The van der Waals surface area contributed by atoms with Crippen LogP contribution in [0.3, 0.4) is 0 Å². The van der Waals surface area contributed by atoms with Gasteiger partial charge in [-0.05, 0) is 44.7 Å². The van der Waals surface area contributed by atoms with Gasteiger partial charge in [-0.2, -0.15) is 0 Å². The van der Waals surface area contributed by atoms with Crippen LogP contribution in [0.25, 0.3) is 6.08 Å². The Balaban J connectivity index is 0.00000385. The Morgan fingerprint density at radius 2 is 2.00 bits per heavy atom. The Morgan fingerprint density at radius 1 is 1.24 bits per heavy atom. The Labute approximate surface area is 201 Å². The van der Waals surface area contributed by atoms with Gasteiger partial charge in [-0.1, -0.05) is 12.1 Å². The second kappa shape index (κ2) is 12.2. The largest absolute Gasteiger partial charge is 0.490 e. The number of likely N-dealkylation sites (N-methyl/N-ethyl adjacent to an activating group) is 2. The lowest BCUT2D eigenvalue weighted by molar-refractivity contribution is -0.125. The van der Waals surface area contributed by atoms with E-state index < -0.39 is 0 Å². The number of amides is 2. The second-order valence-electron chi connectivity index (χ2n) is 7.63. The Kier molecular flexibility index (Phi) is 9.69. The SMILES string of the molecule is CCOc1cccc(CN(C)C(=O)C=Cc2cnc3c(c2)CN(C)CC(=O)N3)c1OCC.Cl. The topological polar surface area (TPSA) is 84.0 Å². The highest BCUT2D eigenvalue weighted by molar-refractivity contribution is 5.93. The van der Waals surface area contributed by atoms with Crippen molar-refractivity contribution >= 4 is 36.1 Å². The summed E-state index contributed by atoms with van der Waals surface area (Å²) < 4.78 is 11.5. The number of halogens is 1. The van der Waals surface area contributed by atoms with Gasteiger partial charge in [0.1, 0.15) is 5.82 Å². The van der Waals surface area contributed by atoms with Crippen LogP contribution in [-0.2, 0) is 22.7 Å². The molecule has 0 aliphatic carbocycles. The third-order valence-electron chi connectivity index (χ3n) is 4.95. The Bertz CT molecular complexity index is 1010. The molecule has 2 heterocycles. The molecule has 3 rings (SSSR count). The van der Waals surface area contributed by atoms with E-state index in [2.05, 4.69) is 10.3 Å². The van der Waals surface area contributed by atoms with Gasteiger partial charge < -0.3 is 19.7 Å². The molecule has 9 heteroatoms. The second-order valence-corrected chi connectivity index (χ2v) is 7.63. The zero-order valence-electron chi connectivity index (χ0n) is 19.5. The van der Waals surface area contributed by atoms with Crippen LogP contribution in [0, 0.1) is 0 Å². The number of hydrogen-bond donors (Lipinski definition) is 1. The monoisotopic (exact) mass is 474 g/mol. The molecule has 178 valence electrons. The van der Waals surface area contributed by atoms with E-state index in [0.29, 0.717) is 50.2 Å². The summed E-state index contributed by atoms with van der Waals surface area (Å²) in [5.74, 6) is 1.68. The lowest BCUT2D eigenvalue weighted by Crippen LogP contribution is -2.26. The van der Waals surface area contributed by atoms with Crippen LogP contribution in [-0.4, -0.2) is 60.5 Å². The summed E-state index contributed by atoms with van der Waals surface area (Å²) in [6.07, 6.45) is 4.90. The summed E-state index contributed by atoms with van der Waals surface area (Å²) in [5.41, 5.74) is 2.59. The first-order valence-corrected chi connectivity index (χ1v) is 10.7. The van der Waals surface area contributed by atoms with Gasteiger partial charge in [0.25, 0.3) is 0 Å². The molecule has 0 saturated carbocycles. The number of pyridine rings is 1. The standard InChI is InChI=1S/C24H30N4O4.ClH/c1-5-31-20-9-7-8-18(23(20)32-6-2)15-28(4)22(30)11-10-17-12-19-14-27(3)16-21(29)26-24(19)25-13-17;/h7-13H,5-6,14-16H2,1-4H3,(H,25,26,29);1H. The van der Waals surface area contributed by atoms with Crippen LogP contribution in [0.2, 0.25) is 0 Å². The van der Waals surface area contributed by atoms with E-state index in [1.165, 1.54) is 6.08 Å². The molecular formula is C24H31ClN4O4. The lowest BCUT2D eigenvalue weighted by Gasteiger charge is -2.19. The van der Waals surface area contributed by atoms with Crippen molar-refractivity contribution in [3.8, 4) is 11.5 Å². The van der Waals surface area contributed by atoms with Crippen molar-refractivity contribution in [3.05, 3.63) is 53.2 Å². The smallest absolute Gasteiger partial charge is 0.246 e. The quantitative estimate of drug-likeness (QED) is 0.591. The van der Waals surface area contributed by atoms with Crippen molar-refractivity contribution in [2.45, 2.75) is 26.9 Å². The Hall–Kier alpha value is -3.10. The number of para-hydroxylation sites is 1. The zero-order chi connectivity index (χ0) is 23.1. The van der Waals surface area contributed by atoms with Gasteiger partial charge in [-0.15, -0.1) is 12.4 Å². The maximum atomic E-state index is 12.7. The molecule has 0 unspecified atom stereocenters. The van der Waals surface area contributed by atoms with Crippen LogP contribution in [0.4, 0.5) is 5.82 Å². The molecule has 0 atom stereocenters. The van der Waals surface area contributed by atoms with Gasteiger partial charge in [-0.25, -0.2) is 4.98 Å². The number of nitrogens with zero attached hydrogens (tertiary/aromatic N) is 3. The molecule has 0 fully saturated rings. The molecule has 1 aromatic carbocycles. The highest BCUT2D eigenvalue weighted by Gasteiger charge is 2.18. The lowest BCUT2D eigenvalue weighted by atomic mass is 10.1. The summed E-state index contributed by atoms with van der Waals surface area (Å²) >= 11 is 0. The molecule has 1 N–H and O–H groups in total. The Morgan fingerprint density at radius 3 is 2.73 bits per heavy atom. The van der Waals surface area contributed by atoms with Crippen molar-refractivity contribution in [1.29, 1.82) is 0 Å². The van der Waals surface area contributed by atoms with E-state index in [1.807, 2.05) is 50.1 Å². The number of aromatic nitrogens is 1. The molecule has 2 amide bonds. The van der Waals surface area contributed by atoms with E-state index in [0.717, 1.165) is 16.7 Å². The molecule has 1 aliphatic heterocycles. The molecule has 0 spiro atoms.